The zero-order valence-corrected chi connectivity index (χ0v) is 14.5. The molecule has 0 radical (unpaired) electrons. The van der Waals surface area contributed by atoms with Gasteiger partial charge in [-0.15, -0.1) is 0 Å². The van der Waals surface area contributed by atoms with Gasteiger partial charge in [0.05, 0.1) is 11.3 Å². The van der Waals surface area contributed by atoms with Crippen LogP contribution in [0.1, 0.15) is 15.9 Å². The second-order valence-corrected chi connectivity index (χ2v) is 5.95. The fourth-order valence-corrected chi connectivity index (χ4v) is 2.72. The van der Waals surface area contributed by atoms with E-state index in [1.54, 1.807) is 30.7 Å². The molecule has 0 aliphatic carbocycles. The number of anilines is 1. The summed E-state index contributed by atoms with van der Waals surface area (Å²) in [6.07, 6.45) is 6.60. The van der Waals surface area contributed by atoms with Crippen LogP contribution in [0.4, 0.5) is 5.82 Å². The van der Waals surface area contributed by atoms with Crippen molar-refractivity contribution in [3.05, 3.63) is 96.6 Å². The minimum Gasteiger partial charge on any atom is -0.366 e. The maximum atomic E-state index is 12.9. The second kappa shape index (κ2) is 7.61. The van der Waals surface area contributed by atoms with Gasteiger partial charge in [-0.25, -0.2) is 0 Å². The van der Waals surface area contributed by atoms with Crippen LogP contribution in [0.15, 0.2) is 85.5 Å². The molecule has 0 spiro atoms. The van der Waals surface area contributed by atoms with Gasteiger partial charge in [0.1, 0.15) is 5.82 Å². The number of carbonyl (C=O) groups is 1. The minimum atomic E-state index is -0.242. The molecule has 4 aromatic rings. The van der Waals surface area contributed by atoms with E-state index in [2.05, 4.69) is 20.4 Å². The Labute approximate surface area is 156 Å². The molecule has 0 atom stereocenters. The summed E-state index contributed by atoms with van der Waals surface area (Å²) in [5.74, 6) is 0.375. The molecule has 0 bridgehead atoms. The van der Waals surface area contributed by atoms with E-state index in [1.165, 1.54) is 10.9 Å². The molecule has 0 aliphatic rings. The van der Waals surface area contributed by atoms with Crippen LogP contribution in [0.25, 0.3) is 11.3 Å². The quantitative estimate of drug-likeness (QED) is 0.592. The lowest BCUT2D eigenvalue weighted by atomic mass is 10.2. The molecule has 1 N–H and O–H groups in total. The summed E-state index contributed by atoms with van der Waals surface area (Å²) in [7, 11) is 0. The lowest BCUT2D eigenvalue weighted by Crippen LogP contribution is -2.17. The first kappa shape index (κ1) is 16.7. The number of hydrogen-bond acceptors (Lipinski definition) is 5. The normalized spacial score (nSPS) is 10.5. The highest BCUT2D eigenvalue weighted by atomic mass is 16.2. The molecule has 0 unspecified atom stereocenters. The topological polar surface area (TPSA) is 72.7 Å². The Morgan fingerprint density at radius 3 is 2.41 bits per heavy atom. The van der Waals surface area contributed by atoms with Crippen LogP contribution in [0.3, 0.4) is 0 Å². The van der Waals surface area contributed by atoms with Crippen LogP contribution >= 0.6 is 0 Å². The van der Waals surface area contributed by atoms with Crippen LogP contribution in [0, 0.1) is 0 Å². The highest BCUT2D eigenvalue weighted by molar-refractivity contribution is 5.97. The standard InChI is InChI=1S/C21H17N5O/c27-21(18-9-5-11-23-15-18)26-20(24-13-16-6-2-1-3-7-16)12-19(25-26)17-8-4-10-22-14-17/h1-12,14-15,24H,13H2. The van der Waals surface area contributed by atoms with Crippen molar-refractivity contribution >= 4 is 11.7 Å². The van der Waals surface area contributed by atoms with Crippen LogP contribution in [0.5, 0.6) is 0 Å². The van der Waals surface area contributed by atoms with Crippen molar-refractivity contribution in [1.29, 1.82) is 0 Å². The van der Waals surface area contributed by atoms with Crippen molar-refractivity contribution in [1.82, 2.24) is 19.7 Å². The number of aromatic nitrogens is 4. The van der Waals surface area contributed by atoms with Crippen molar-refractivity contribution in [2.45, 2.75) is 6.54 Å². The molecule has 0 fully saturated rings. The zero-order chi connectivity index (χ0) is 18.5. The number of nitrogens with one attached hydrogen (secondary N) is 1. The number of hydrogen-bond donors (Lipinski definition) is 1. The SMILES string of the molecule is O=C(c1cccnc1)n1nc(-c2cccnc2)cc1NCc1ccccc1. The van der Waals surface area contributed by atoms with Crippen molar-refractivity contribution in [2.75, 3.05) is 5.32 Å². The molecule has 6 nitrogen and oxygen atoms in total. The van der Waals surface area contributed by atoms with E-state index in [-0.39, 0.29) is 5.91 Å². The summed E-state index contributed by atoms with van der Waals surface area (Å²) in [6.45, 7) is 0.583. The van der Waals surface area contributed by atoms with Gasteiger partial charge in [0.15, 0.2) is 0 Å². The maximum absolute atomic E-state index is 12.9. The molecule has 1 aromatic carbocycles. The Morgan fingerprint density at radius 2 is 1.70 bits per heavy atom. The third-order valence-electron chi connectivity index (χ3n) is 4.08. The molecule has 3 aromatic heterocycles. The first-order valence-electron chi connectivity index (χ1n) is 8.54. The largest absolute Gasteiger partial charge is 0.366 e. The molecule has 0 saturated carbocycles. The number of benzene rings is 1. The highest BCUT2D eigenvalue weighted by Crippen LogP contribution is 2.22. The Morgan fingerprint density at radius 1 is 0.926 bits per heavy atom. The lowest BCUT2D eigenvalue weighted by molar-refractivity contribution is 0.0947. The third-order valence-corrected chi connectivity index (χ3v) is 4.08. The van der Waals surface area contributed by atoms with Crippen LogP contribution in [-0.4, -0.2) is 25.7 Å². The van der Waals surface area contributed by atoms with E-state index in [0.717, 1.165) is 11.1 Å². The third kappa shape index (κ3) is 3.74. The average molecular weight is 355 g/mol. The summed E-state index contributed by atoms with van der Waals surface area (Å²) >= 11 is 0. The average Bonchev–Trinajstić information content (AvgIpc) is 3.18. The number of nitrogens with zero attached hydrogens (tertiary/aromatic N) is 4. The predicted octanol–water partition coefficient (Wildman–Crippen LogP) is 3.64. The van der Waals surface area contributed by atoms with Gasteiger partial charge in [-0.2, -0.15) is 9.78 Å². The van der Waals surface area contributed by atoms with Crippen molar-refractivity contribution < 1.29 is 4.79 Å². The summed E-state index contributed by atoms with van der Waals surface area (Å²) in [5, 5.41) is 7.82. The molecule has 0 amide bonds. The lowest BCUT2D eigenvalue weighted by Gasteiger charge is -2.08. The van der Waals surface area contributed by atoms with Crippen molar-refractivity contribution in [2.24, 2.45) is 0 Å². The van der Waals surface area contributed by atoms with E-state index in [4.69, 9.17) is 0 Å². The molecule has 6 heteroatoms. The Bertz CT molecular complexity index is 1030. The number of pyridine rings is 2. The molecule has 4 rings (SSSR count). The van der Waals surface area contributed by atoms with E-state index in [0.29, 0.717) is 23.6 Å². The van der Waals surface area contributed by atoms with E-state index >= 15 is 0 Å². The Kier molecular flexibility index (Phi) is 4.70. The molecule has 27 heavy (non-hydrogen) atoms. The predicted molar refractivity (Wildman–Crippen MR) is 103 cm³/mol. The number of carbonyl (C=O) groups excluding carboxylic acids is 1. The Balaban J connectivity index is 1.69. The van der Waals surface area contributed by atoms with Gasteiger partial charge < -0.3 is 5.32 Å². The monoisotopic (exact) mass is 355 g/mol. The first-order chi connectivity index (χ1) is 13.3. The molecule has 0 aliphatic heterocycles. The van der Waals surface area contributed by atoms with Gasteiger partial charge in [0.25, 0.3) is 5.91 Å². The zero-order valence-electron chi connectivity index (χ0n) is 14.5. The van der Waals surface area contributed by atoms with Gasteiger partial charge >= 0.3 is 0 Å². The molecular weight excluding hydrogens is 338 g/mol. The first-order valence-corrected chi connectivity index (χ1v) is 8.54. The van der Waals surface area contributed by atoms with Gasteiger partial charge in [0, 0.05) is 43.0 Å². The fraction of sp³-hybridized carbons (Fsp3) is 0.0476. The molecule has 0 saturated heterocycles. The van der Waals surface area contributed by atoms with E-state index in [1.807, 2.05) is 48.5 Å². The molecular formula is C21H17N5O. The van der Waals surface area contributed by atoms with Gasteiger partial charge in [-0.1, -0.05) is 30.3 Å². The Hall–Kier alpha value is -3.80. The summed E-state index contributed by atoms with van der Waals surface area (Å²) in [6, 6.07) is 19.1. The van der Waals surface area contributed by atoms with E-state index in [9.17, 15) is 4.79 Å². The van der Waals surface area contributed by atoms with Crippen LogP contribution < -0.4 is 5.32 Å². The molecule has 132 valence electrons. The number of rotatable bonds is 5. The van der Waals surface area contributed by atoms with Crippen molar-refractivity contribution in [3.8, 4) is 11.3 Å². The van der Waals surface area contributed by atoms with Crippen molar-refractivity contribution in [3.63, 3.8) is 0 Å². The summed E-state index contributed by atoms with van der Waals surface area (Å²) in [4.78, 5) is 21.1. The second-order valence-electron chi connectivity index (χ2n) is 5.95. The maximum Gasteiger partial charge on any atom is 0.281 e. The van der Waals surface area contributed by atoms with Gasteiger partial charge in [-0.3, -0.25) is 14.8 Å². The molecule has 3 heterocycles. The smallest absolute Gasteiger partial charge is 0.281 e. The van der Waals surface area contributed by atoms with Gasteiger partial charge in [-0.05, 0) is 29.8 Å². The van der Waals surface area contributed by atoms with E-state index < -0.39 is 0 Å². The highest BCUT2D eigenvalue weighted by Gasteiger charge is 2.17. The minimum absolute atomic E-state index is 0.242. The van der Waals surface area contributed by atoms with Gasteiger partial charge in [0.2, 0.25) is 0 Å². The summed E-state index contributed by atoms with van der Waals surface area (Å²) in [5.41, 5.74) is 3.11. The van der Waals surface area contributed by atoms with Crippen LogP contribution in [0.2, 0.25) is 0 Å². The van der Waals surface area contributed by atoms with Crippen LogP contribution in [-0.2, 0) is 6.54 Å². The fourth-order valence-electron chi connectivity index (χ4n) is 2.72. The summed E-state index contributed by atoms with van der Waals surface area (Å²) < 4.78 is 1.38.